The van der Waals surface area contributed by atoms with E-state index in [2.05, 4.69) is 29.0 Å². The maximum absolute atomic E-state index is 12.1. The van der Waals surface area contributed by atoms with E-state index in [1.807, 2.05) is 6.07 Å². The molecule has 0 bridgehead atoms. The fraction of sp³-hybridized carbons (Fsp3) is 0.647. The molecule has 0 unspecified atom stereocenters. The molecule has 1 saturated carbocycles. The molecular formula is C17H27N3O2. The zero-order valence-electron chi connectivity index (χ0n) is 13.6. The van der Waals surface area contributed by atoms with Crippen LogP contribution in [0.15, 0.2) is 18.3 Å². The Morgan fingerprint density at radius 1 is 1.36 bits per heavy atom. The Labute approximate surface area is 132 Å². The molecule has 0 atom stereocenters. The summed E-state index contributed by atoms with van der Waals surface area (Å²) in [5, 5.41) is 13.1. The Bertz CT molecular complexity index is 481. The summed E-state index contributed by atoms with van der Waals surface area (Å²) in [5.41, 5.74) is -0.179. The first-order valence-corrected chi connectivity index (χ1v) is 8.29. The Morgan fingerprint density at radius 2 is 2.09 bits per heavy atom. The molecule has 5 nitrogen and oxygen atoms in total. The van der Waals surface area contributed by atoms with Crippen molar-refractivity contribution in [3.63, 3.8) is 0 Å². The van der Waals surface area contributed by atoms with Crippen molar-refractivity contribution in [1.82, 2.24) is 10.3 Å². The summed E-state index contributed by atoms with van der Waals surface area (Å²) in [6.07, 6.45) is 6.29. The third-order valence-corrected chi connectivity index (χ3v) is 4.32. The van der Waals surface area contributed by atoms with Gasteiger partial charge >= 0.3 is 0 Å². The summed E-state index contributed by atoms with van der Waals surface area (Å²) < 4.78 is 0. The van der Waals surface area contributed by atoms with Gasteiger partial charge in [-0.25, -0.2) is 4.98 Å². The van der Waals surface area contributed by atoms with Crippen molar-refractivity contribution in [2.45, 2.75) is 51.6 Å². The second-order valence-electron chi connectivity index (χ2n) is 6.10. The van der Waals surface area contributed by atoms with E-state index < -0.39 is 5.60 Å². The number of carbonyl (C=O) groups excluding carboxylic acids is 1. The van der Waals surface area contributed by atoms with Crippen LogP contribution in [-0.4, -0.2) is 41.2 Å². The standard InChI is InChI=1S/C17H27N3O2/c1-3-11-20(4-2)15-8-7-14(12-18-15)16(21)19-13-17(22)9-5-6-10-17/h7-8,12,22H,3-6,9-11,13H2,1-2H3,(H,19,21). The predicted octanol–water partition coefficient (Wildman–Crippen LogP) is 2.35. The van der Waals surface area contributed by atoms with Crippen LogP contribution in [0.25, 0.3) is 0 Å². The number of aromatic nitrogens is 1. The second-order valence-corrected chi connectivity index (χ2v) is 6.10. The molecule has 0 spiro atoms. The van der Waals surface area contributed by atoms with Gasteiger partial charge in [0.25, 0.3) is 5.91 Å². The molecule has 0 aliphatic heterocycles. The maximum Gasteiger partial charge on any atom is 0.252 e. The van der Waals surface area contributed by atoms with E-state index in [4.69, 9.17) is 0 Å². The Balaban J connectivity index is 1.93. The zero-order valence-corrected chi connectivity index (χ0v) is 13.6. The lowest BCUT2D eigenvalue weighted by molar-refractivity contribution is 0.0449. The number of carbonyl (C=O) groups is 1. The first-order chi connectivity index (χ1) is 10.6. The van der Waals surface area contributed by atoms with Crippen LogP contribution in [0.1, 0.15) is 56.3 Å². The summed E-state index contributed by atoms with van der Waals surface area (Å²) in [6.45, 7) is 6.42. The zero-order chi connectivity index (χ0) is 16.0. The van der Waals surface area contributed by atoms with Crippen LogP contribution < -0.4 is 10.2 Å². The number of pyridine rings is 1. The molecule has 1 aromatic heterocycles. The van der Waals surface area contributed by atoms with E-state index in [1.54, 1.807) is 12.3 Å². The number of nitrogens with one attached hydrogen (secondary N) is 1. The highest BCUT2D eigenvalue weighted by molar-refractivity contribution is 5.94. The minimum Gasteiger partial charge on any atom is -0.388 e. The van der Waals surface area contributed by atoms with Gasteiger partial charge < -0.3 is 15.3 Å². The summed E-state index contributed by atoms with van der Waals surface area (Å²) in [5.74, 6) is 0.730. The molecule has 5 heteroatoms. The topological polar surface area (TPSA) is 65.5 Å². The number of hydrogen-bond acceptors (Lipinski definition) is 4. The smallest absolute Gasteiger partial charge is 0.252 e. The van der Waals surface area contributed by atoms with Crippen molar-refractivity contribution < 1.29 is 9.90 Å². The minimum atomic E-state index is -0.719. The van der Waals surface area contributed by atoms with Crippen LogP contribution in [0.4, 0.5) is 5.82 Å². The van der Waals surface area contributed by atoms with E-state index in [-0.39, 0.29) is 5.91 Å². The number of nitrogens with zero attached hydrogens (tertiary/aromatic N) is 2. The van der Waals surface area contributed by atoms with Gasteiger partial charge in [0.05, 0.1) is 11.2 Å². The lowest BCUT2D eigenvalue weighted by Gasteiger charge is -2.23. The molecule has 0 saturated heterocycles. The van der Waals surface area contributed by atoms with Crippen molar-refractivity contribution in [2.24, 2.45) is 0 Å². The van der Waals surface area contributed by atoms with Gasteiger partial charge in [-0.15, -0.1) is 0 Å². The van der Waals surface area contributed by atoms with Crippen molar-refractivity contribution in [2.75, 3.05) is 24.5 Å². The lowest BCUT2D eigenvalue weighted by atomic mass is 10.0. The normalized spacial score (nSPS) is 16.5. The molecular weight excluding hydrogens is 278 g/mol. The van der Waals surface area contributed by atoms with Crippen LogP contribution >= 0.6 is 0 Å². The van der Waals surface area contributed by atoms with Gasteiger partial charge in [0, 0.05) is 25.8 Å². The van der Waals surface area contributed by atoms with E-state index in [0.29, 0.717) is 12.1 Å². The van der Waals surface area contributed by atoms with Gasteiger partial charge in [-0.05, 0) is 38.3 Å². The van der Waals surface area contributed by atoms with E-state index in [9.17, 15) is 9.90 Å². The van der Waals surface area contributed by atoms with Crippen LogP contribution in [0, 0.1) is 0 Å². The number of aliphatic hydroxyl groups is 1. The predicted molar refractivity (Wildman–Crippen MR) is 88.2 cm³/mol. The van der Waals surface area contributed by atoms with Crippen molar-refractivity contribution in [1.29, 1.82) is 0 Å². The van der Waals surface area contributed by atoms with Crippen LogP contribution in [0.2, 0.25) is 0 Å². The Morgan fingerprint density at radius 3 is 2.64 bits per heavy atom. The average Bonchev–Trinajstić information content (AvgIpc) is 2.98. The largest absolute Gasteiger partial charge is 0.388 e. The van der Waals surface area contributed by atoms with Crippen LogP contribution in [0.3, 0.4) is 0 Å². The highest BCUT2D eigenvalue weighted by atomic mass is 16.3. The monoisotopic (exact) mass is 305 g/mol. The minimum absolute atomic E-state index is 0.169. The summed E-state index contributed by atoms with van der Waals surface area (Å²) in [6, 6.07) is 3.69. The first-order valence-electron chi connectivity index (χ1n) is 8.29. The first kappa shape index (κ1) is 16.7. The molecule has 122 valence electrons. The molecule has 0 radical (unpaired) electrons. The SMILES string of the molecule is CCCN(CC)c1ccc(C(=O)NCC2(O)CCCC2)cn1. The fourth-order valence-corrected chi connectivity index (χ4v) is 2.97. The van der Waals surface area contributed by atoms with Crippen molar-refractivity contribution >= 4 is 11.7 Å². The molecule has 2 N–H and O–H groups in total. The van der Waals surface area contributed by atoms with Crippen molar-refractivity contribution in [3.8, 4) is 0 Å². The fourth-order valence-electron chi connectivity index (χ4n) is 2.97. The Hall–Kier alpha value is -1.62. The summed E-state index contributed by atoms with van der Waals surface area (Å²) >= 11 is 0. The van der Waals surface area contributed by atoms with E-state index >= 15 is 0 Å². The molecule has 1 aliphatic carbocycles. The third kappa shape index (κ3) is 4.19. The van der Waals surface area contributed by atoms with Gasteiger partial charge in [-0.3, -0.25) is 4.79 Å². The number of hydrogen-bond donors (Lipinski definition) is 2. The van der Waals surface area contributed by atoms with Gasteiger partial charge in [0.15, 0.2) is 0 Å². The highest BCUT2D eigenvalue weighted by Crippen LogP contribution is 2.28. The van der Waals surface area contributed by atoms with E-state index in [0.717, 1.165) is 51.0 Å². The van der Waals surface area contributed by atoms with Crippen LogP contribution in [-0.2, 0) is 0 Å². The average molecular weight is 305 g/mol. The molecule has 1 fully saturated rings. The van der Waals surface area contributed by atoms with Crippen LogP contribution in [0.5, 0.6) is 0 Å². The number of anilines is 1. The van der Waals surface area contributed by atoms with Gasteiger partial charge in [0.1, 0.15) is 5.82 Å². The number of rotatable bonds is 7. The third-order valence-electron chi connectivity index (χ3n) is 4.32. The molecule has 2 rings (SSSR count). The maximum atomic E-state index is 12.1. The molecule has 0 aromatic carbocycles. The number of amides is 1. The van der Waals surface area contributed by atoms with Gasteiger partial charge in [-0.2, -0.15) is 0 Å². The van der Waals surface area contributed by atoms with Gasteiger partial charge in [-0.1, -0.05) is 19.8 Å². The lowest BCUT2D eigenvalue weighted by Crippen LogP contribution is -2.40. The van der Waals surface area contributed by atoms with E-state index in [1.165, 1.54) is 0 Å². The summed E-state index contributed by atoms with van der Waals surface area (Å²) in [7, 11) is 0. The van der Waals surface area contributed by atoms with Crippen molar-refractivity contribution in [3.05, 3.63) is 23.9 Å². The summed E-state index contributed by atoms with van der Waals surface area (Å²) in [4.78, 5) is 18.7. The molecule has 1 heterocycles. The second kappa shape index (κ2) is 7.58. The Kier molecular flexibility index (Phi) is 5.77. The molecule has 1 aromatic rings. The molecule has 22 heavy (non-hydrogen) atoms. The molecule has 1 aliphatic rings. The quantitative estimate of drug-likeness (QED) is 0.811. The highest BCUT2D eigenvalue weighted by Gasteiger charge is 2.31. The van der Waals surface area contributed by atoms with Gasteiger partial charge in [0.2, 0.25) is 0 Å². The molecule has 1 amide bonds.